The second-order valence-electron chi connectivity index (χ2n) is 7.41. The van der Waals surface area contributed by atoms with Crippen molar-refractivity contribution in [2.75, 3.05) is 19.3 Å². The molecule has 0 spiro atoms. The van der Waals surface area contributed by atoms with Crippen molar-refractivity contribution in [1.29, 1.82) is 0 Å². The Kier molecular flexibility index (Phi) is 7.87. The largest absolute Gasteiger partial charge is 0.536 e. The van der Waals surface area contributed by atoms with Gasteiger partial charge >= 0.3 is 15.0 Å². The van der Waals surface area contributed by atoms with Crippen LogP contribution in [0.1, 0.15) is 22.8 Å². The number of carbonyl (C=O) groups excluding carboxylic acids is 1. The number of nitrogens with zero attached hydrogens (tertiary/aromatic N) is 2. The molecule has 3 rings (SSSR count). The van der Waals surface area contributed by atoms with Crippen molar-refractivity contribution < 1.29 is 23.5 Å². The molecular formula is C23H25FLrN2O4Si-. The maximum absolute atomic E-state index is 14.3. The van der Waals surface area contributed by atoms with Crippen LogP contribution < -0.4 is 9.61 Å². The molecule has 2 aromatic carbocycles. The Bertz CT molecular complexity index is 973. The fourth-order valence-electron chi connectivity index (χ4n) is 3.40. The van der Waals surface area contributed by atoms with Crippen molar-refractivity contribution in [3.63, 3.8) is 0 Å². The van der Waals surface area contributed by atoms with Crippen molar-refractivity contribution in [3.8, 4) is 5.75 Å². The third-order valence-corrected chi connectivity index (χ3v) is 7.32. The number of aryl methyl sites for hydroxylation is 1. The van der Waals surface area contributed by atoms with Gasteiger partial charge in [0.25, 0.3) is 0 Å². The van der Waals surface area contributed by atoms with Crippen LogP contribution >= 0.6 is 0 Å². The second kappa shape index (κ2) is 10.4. The van der Waals surface area contributed by atoms with Gasteiger partial charge in [0.15, 0.2) is 0 Å². The molecule has 1 saturated heterocycles. The van der Waals surface area contributed by atoms with Crippen molar-refractivity contribution in [2.45, 2.75) is 19.9 Å². The van der Waals surface area contributed by atoms with Crippen LogP contribution in [0.15, 0.2) is 55.1 Å². The first-order valence-electron chi connectivity index (χ1n) is 9.94. The molecule has 2 radical (unpaired) electrons. The number of hydrogen-bond donors (Lipinski definition) is 1. The number of rotatable bonds is 7. The van der Waals surface area contributed by atoms with Crippen LogP contribution in [0.2, 0.25) is 0 Å². The van der Waals surface area contributed by atoms with Crippen molar-refractivity contribution >= 4 is 26.1 Å². The zero-order valence-electron chi connectivity index (χ0n) is 17.8. The first-order chi connectivity index (χ1) is 14.8. The van der Waals surface area contributed by atoms with Gasteiger partial charge < -0.3 is 19.3 Å². The van der Waals surface area contributed by atoms with Crippen LogP contribution in [-0.4, -0.2) is 61.1 Å². The Morgan fingerprint density at radius 2 is 1.97 bits per heavy atom. The summed E-state index contributed by atoms with van der Waals surface area (Å²) in [6.07, 6.45) is 1.86. The monoisotopic (exact) mass is 702 g/mol. The standard InChI is InChI=1S/C23H25FN2O4Si.Lr/c1-4-22(27)26-12-11-25(14-17(26)3)15-31(20-10-5-16(2)21(24)13-20)30-19-8-6-18(7-9-19)23(28)29;/h4-10,13-14,17H,1,11-12,15H2,2-3H3,(H,28,29);/q-1;/t17-;/m1./s1. The van der Waals surface area contributed by atoms with E-state index in [4.69, 9.17) is 9.53 Å². The van der Waals surface area contributed by atoms with E-state index in [1.807, 2.05) is 19.5 Å². The minimum atomic E-state index is -1.73. The van der Waals surface area contributed by atoms with Crippen molar-refractivity contribution in [2.24, 2.45) is 0 Å². The summed E-state index contributed by atoms with van der Waals surface area (Å²) in [7, 11) is -1.73. The summed E-state index contributed by atoms with van der Waals surface area (Å²) in [5.41, 5.74) is 0.736. The molecule has 0 aromatic heterocycles. The van der Waals surface area contributed by atoms with E-state index in [9.17, 15) is 14.0 Å². The molecular weight excluding hydrogens is 677 g/mol. The molecule has 1 fully saturated rings. The molecule has 6 nitrogen and oxygen atoms in total. The number of amides is 1. The Balaban J connectivity index is 0.00000363. The summed E-state index contributed by atoms with van der Waals surface area (Å²) in [5, 5.41) is 9.87. The number of piperazine rings is 1. The van der Waals surface area contributed by atoms with Gasteiger partial charge in [-0.2, -0.15) is 0 Å². The van der Waals surface area contributed by atoms with E-state index in [1.165, 1.54) is 24.3 Å². The average molecular weight is 703 g/mol. The summed E-state index contributed by atoms with van der Waals surface area (Å²) in [5.74, 6) is -0.866. The summed E-state index contributed by atoms with van der Waals surface area (Å²) < 4.78 is 20.5. The first-order valence-corrected chi connectivity index (χ1v) is 11.6. The van der Waals surface area contributed by atoms with E-state index in [0.717, 1.165) is 5.19 Å². The van der Waals surface area contributed by atoms with E-state index >= 15 is 0 Å². The van der Waals surface area contributed by atoms with Crippen molar-refractivity contribution in [3.05, 3.63) is 78.6 Å². The summed E-state index contributed by atoms with van der Waals surface area (Å²) >= 11 is 0. The Morgan fingerprint density at radius 3 is 2.53 bits per heavy atom. The number of aromatic carboxylic acids is 1. The normalized spacial score (nSPS) is 16.4. The van der Waals surface area contributed by atoms with E-state index in [0.29, 0.717) is 30.6 Å². The number of carboxylic acid groups (broad SMARTS) is 1. The number of carboxylic acids is 1. The summed E-state index contributed by atoms with van der Waals surface area (Å²) in [4.78, 5) is 26.9. The molecule has 0 saturated carbocycles. The van der Waals surface area contributed by atoms with Gasteiger partial charge in [0.1, 0.15) is 11.6 Å². The molecule has 9 heteroatoms. The van der Waals surface area contributed by atoms with Gasteiger partial charge in [-0.05, 0) is 60.6 Å². The van der Waals surface area contributed by atoms with Gasteiger partial charge in [0.2, 0.25) is 5.91 Å². The zero-order valence-corrected chi connectivity index (χ0v) is 21.0. The SMILES string of the molecule is C=CC(=O)N1CCN(C[Si](Oc2ccc(C(=O)O)cc2)c2ccc(C)c(F)c2)[CH-][C@H]1C.[Lr]. The van der Waals surface area contributed by atoms with Gasteiger partial charge in [0, 0.05) is 12.7 Å². The molecule has 1 amide bonds. The average Bonchev–Trinajstić information content (AvgIpc) is 2.75. The molecule has 1 N–H and O–H groups in total. The molecule has 1 atom stereocenters. The van der Waals surface area contributed by atoms with Crippen molar-refractivity contribution in [1.82, 2.24) is 9.80 Å². The van der Waals surface area contributed by atoms with Crippen LogP contribution in [0.3, 0.4) is 0 Å². The molecule has 1 aliphatic heterocycles. The smallest absolute Gasteiger partial charge is 0.335 e. The topological polar surface area (TPSA) is 70.1 Å². The maximum atomic E-state index is 14.3. The fourth-order valence-corrected chi connectivity index (χ4v) is 5.38. The van der Waals surface area contributed by atoms with E-state index in [-0.39, 0.29) is 23.3 Å². The molecule has 1 heterocycles. The number of benzene rings is 2. The predicted octanol–water partition coefficient (Wildman–Crippen LogP) is 2.53. The second-order valence-corrected chi connectivity index (χ2v) is 9.36. The number of halogens is 1. The minimum Gasteiger partial charge on any atom is -0.536 e. The van der Waals surface area contributed by atoms with Crippen LogP contribution in [-0.2, 0) is 4.79 Å². The third-order valence-electron chi connectivity index (χ3n) is 5.19. The first kappa shape index (κ1) is 24.3. The third kappa shape index (κ3) is 5.58. The molecule has 0 bridgehead atoms. The summed E-state index contributed by atoms with van der Waals surface area (Å²) in [6, 6.07) is 11.2. The van der Waals surface area contributed by atoms with Gasteiger partial charge in [-0.1, -0.05) is 31.7 Å². The molecule has 1 aliphatic rings. The molecule has 32 heavy (non-hydrogen) atoms. The van der Waals surface area contributed by atoms with Crippen LogP contribution in [0.25, 0.3) is 0 Å². The van der Waals surface area contributed by atoms with Crippen LogP contribution in [0.5, 0.6) is 5.75 Å². The predicted molar refractivity (Wildman–Crippen MR) is 118 cm³/mol. The molecule has 0 unspecified atom stereocenters. The molecule has 0 aliphatic carbocycles. The van der Waals surface area contributed by atoms with Gasteiger partial charge in [0.05, 0.1) is 5.56 Å². The van der Waals surface area contributed by atoms with E-state index < -0.39 is 15.0 Å². The Labute approximate surface area is 183 Å². The van der Waals surface area contributed by atoms with E-state index in [2.05, 4.69) is 11.5 Å². The number of hydrogen-bond acceptors (Lipinski definition) is 4. The maximum Gasteiger partial charge on any atom is 0.335 e. The Morgan fingerprint density at radius 1 is 1.28 bits per heavy atom. The summed E-state index contributed by atoms with van der Waals surface area (Å²) in [6.45, 7) is 10.4. The Hall–Kier alpha value is -3.97. The number of carbonyl (C=O) groups is 2. The van der Waals surface area contributed by atoms with Gasteiger partial charge in [-0.15, -0.1) is 0 Å². The van der Waals surface area contributed by atoms with Crippen LogP contribution in [0.4, 0.5) is 4.39 Å². The van der Waals surface area contributed by atoms with Gasteiger partial charge in [-0.25, -0.2) is 15.7 Å². The van der Waals surface area contributed by atoms with Gasteiger partial charge in [-0.3, -0.25) is 4.79 Å². The molecule has 2 aromatic rings. The zero-order chi connectivity index (χ0) is 22.5. The quantitative estimate of drug-likeness (QED) is 0.273. The minimum absolute atomic E-state index is 0. The fraction of sp³-hybridized carbons (Fsp3) is 0.261. The van der Waals surface area contributed by atoms with Crippen LogP contribution in [0, 0.1) is 19.3 Å². The molecule has 178 valence electrons. The van der Waals surface area contributed by atoms with E-state index in [1.54, 1.807) is 30.0 Å².